The largest absolute Gasteiger partial charge is 0.326 e. The van der Waals surface area contributed by atoms with Gasteiger partial charge < -0.3 is 11.1 Å². The zero-order valence-corrected chi connectivity index (χ0v) is 9.13. The molecule has 0 unspecified atom stereocenters. The van der Waals surface area contributed by atoms with Crippen molar-refractivity contribution in [1.29, 1.82) is 0 Å². The lowest BCUT2D eigenvalue weighted by molar-refractivity contribution is 0.102. The summed E-state index contributed by atoms with van der Waals surface area (Å²) in [7, 11) is 0. The van der Waals surface area contributed by atoms with Gasteiger partial charge >= 0.3 is 0 Å². The van der Waals surface area contributed by atoms with Crippen LogP contribution in [0.5, 0.6) is 0 Å². The van der Waals surface area contributed by atoms with Crippen molar-refractivity contribution in [2.45, 2.75) is 6.54 Å². The molecule has 2 rings (SSSR count). The molecule has 1 aromatic carbocycles. The third-order valence-corrected chi connectivity index (χ3v) is 2.26. The molecule has 0 saturated heterocycles. The van der Waals surface area contributed by atoms with Crippen LogP contribution >= 0.6 is 0 Å². The van der Waals surface area contributed by atoms with E-state index in [1.165, 1.54) is 12.4 Å². The van der Waals surface area contributed by atoms with E-state index in [0.717, 1.165) is 5.56 Å². The van der Waals surface area contributed by atoms with Crippen molar-refractivity contribution in [2.75, 3.05) is 5.32 Å². The molecule has 0 aliphatic heterocycles. The fourth-order valence-corrected chi connectivity index (χ4v) is 1.34. The molecule has 2 aromatic rings. The normalized spacial score (nSPS) is 9.94. The predicted octanol–water partition coefficient (Wildman–Crippen LogP) is 1.19. The highest BCUT2D eigenvalue weighted by Gasteiger charge is 2.06. The number of nitrogens with two attached hydrogens (primary N) is 1. The van der Waals surface area contributed by atoms with Gasteiger partial charge in [0.1, 0.15) is 0 Å². The lowest BCUT2D eigenvalue weighted by Gasteiger charge is -2.04. The molecular weight excluding hydrogens is 216 g/mol. The summed E-state index contributed by atoms with van der Waals surface area (Å²) in [4.78, 5) is 19.6. The van der Waals surface area contributed by atoms with E-state index >= 15 is 0 Å². The third-order valence-electron chi connectivity index (χ3n) is 2.26. The Kier molecular flexibility index (Phi) is 3.42. The lowest BCUT2D eigenvalue weighted by Crippen LogP contribution is -2.13. The quantitative estimate of drug-likeness (QED) is 0.826. The summed E-state index contributed by atoms with van der Waals surface area (Å²) in [5.74, 6) is 0.217. The van der Waals surface area contributed by atoms with Crippen molar-refractivity contribution < 1.29 is 4.79 Å². The van der Waals surface area contributed by atoms with E-state index in [2.05, 4.69) is 15.3 Å². The van der Waals surface area contributed by atoms with E-state index in [4.69, 9.17) is 5.73 Å². The van der Waals surface area contributed by atoms with Crippen LogP contribution in [0.25, 0.3) is 0 Å². The van der Waals surface area contributed by atoms with E-state index in [-0.39, 0.29) is 5.91 Å². The number of aromatic nitrogens is 2. The summed E-state index contributed by atoms with van der Waals surface area (Å²) in [6.07, 6.45) is 4.56. The van der Waals surface area contributed by atoms with Crippen molar-refractivity contribution >= 4 is 11.7 Å². The molecule has 5 heteroatoms. The second-order valence-corrected chi connectivity index (χ2v) is 3.45. The molecule has 0 saturated carbocycles. The van der Waals surface area contributed by atoms with E-state index in [1.807, 2.05) is 12.1 Å². The van der Waals surface area contributed by atoms with Gasteiger partial charge in [0.25, 0.3) is 5.91 Å². The molecule has 0 bridgehead atoms. The third kappa shape index (κ3) is 2.85. The maximum atomic E-state index is 11.8. The number of nitrogens with one attached hydrogen (secondary N) is 1. The molecule has 3 N–H and O–H groups in total. The van der Waals surface area contributed by atoms with Crippen LogP contribution in [-0.2, 0) is 6.54 Å². The number of rotatable bonds is 3. The zero-order valence-electron chi connectivity index (χ0n) is 9.13. The Morgan fingerprint density at radius 1 is 1.24 bits per heavy atom. The molecule has 1 amide bonds. The molecule has 0 radical (unpaired) electrons. The molecule has 0 aliphatic rings. The van der Waals surface area contributed by atoms with Crippen LogP contribution in [0.1, 0.15) is 15.9 Å². The maximum Gasteiger partial charge on any atom is 0.256 e. The first kappa shape index (κ1) is 11.2. The number of hydrogen-bond donors (Lipinski definition) is 2. The van der Waals surface area contributed by atoms with Gasteiger partial charge in [0, 0.05) is 24.5 Å². The minimum Gasteiger partial charge on any atom is -0.326 e. The van der Waals surface area contributed by atoms with Gasteiger partial charge in [0.2, 0.25) is 0 Å². The molecule has 1 aromatic heterocycles. The van der Waals surface area contributed by atoms with Crippen LogP contribution in [-0.4, -0.2) is 15.9 Å². The summed E-state index contributed by atoms with van der Waals surface area (Å²) in [6.45, 7) is 0.464. The molecular formula is C12H12N4O. The van der Waals surface area contributed by atoms with Crippen LogP contribution in [0.3, 0.4) is 0 Å². The Morgan fingerprint density at radius 3 is 2.59 bits per heavy atom. The molecule has 5 nitrogen and oxygen atoms in total. The number of benzene rings is 1. The maximum absolute atomic E-state index is 11.8. The van der Waals surface area contributed by atoms with Crippen LogP contribution in [0.4, 0.5) is 5.82 Å². The minimum absolute atomic E-state index is 0.214. The minimum atomic E-state index is -0.214. The molecule has 0 aliphatic carbocycles. The highest BCUT2D eigenvalue weighted by atomic mass is 16.1. The molecule has 17 heavy (non-hydrogen) atoms. The second-order valence-electron chi connectivity index (χ2n) is 3.45. The fourth-order valence-electron chi connectivity index (χ4n) is 1.34. The van der Waals surface area contributed by atoms with Crippen molar-refractivity contribution in [1.82, 2.24) is 9.97 Å². The molecule has 0 atom stereocenters. The van der Waals surface area contributed by atoms with E-state index in [9.17, 15) is 4.79 Å². The van der Waals surface area contributed by atoms with Gasteiger partial charge in [-0.2, -0.15) is 0 Å². The van der Waals surface area contributed by atoms with Crippen molar-refractivity contribution in [3.63, 3.8) is 0 Å². The van der Waals surface area contributed by atoms with Crippen LogP contribution in [0.2, 0.25) is 0 Å². The highest BCUT2D eigenvalue weighted by Crippen LogP contribution is 2.06. The number of carbonyl (C=O) groups excluding carboxylic acids is 1. The Bertz CT molecular complexity index is 496. The smallest absolute Gasteiger partial charge is 0.256 e. The van der Waals surface area contributed by atoms with Crippen molar-refractivity contribution in [3.05, 3.63) is 54.0 Å². The fraction of sp³-hybridized carbons (Fsp3) is 0.0833. The van der Waals surface area contributed by atoms with Crippen LogP contribution in [0, 0.1) is 0 Å². The summed E-state index contributed by atoms with van der Waals surface area (Å²) in [5, 5.41) is 2.65. The Morgan fingerprint density at radius 2 is 2.00 bits per heavy atom. The average Bonchev–Trinajstić information content (AvgIpc) is 2.40. The predicted molar refractivity (Wildman–Crippen MR) is 64.3 cm³/mol. The number of amides is 1. The number of hydrogen-bond acceptors (Lipinski definition) is 4. The van der Waals surface area contributed by atoms with Crippen molar-refractivity contribution in [2.24, 2.45) is 5.73 Å². The van der Waals surface area contributed by atoms with E-state index in [0.29, 0.717) is 17.9 Å². The monoisotopic (exact) mass is 228 g/mol. The van der Waals surface area contributed by atoms with E-state index < -0.39 is 0 Å². The number of carbonyl (C=O) groups is 1. The topological polar surface area (TPSA) is 80.9 Å². The SMILES string of the molecule is NCc1ccc(C(=O)Nc2cnccn2)cc1. The molecule has 86 valence electrons. The Hall–Kier alpha value is -2.27. The number of anilines is 1. The lowest BCUT2D eigenvalue weighted by atomic mass is 10.1. The summed E-state index contributed by atoms with van der Waals surface area (Å²) in [5.41, 5.74) is 7.03. The number of nitrogens with zero attached hydrogens (tertiary/aromatic N) is 2. The molecule has 0 spiro atoms. The first-order valence-electron chi connectivity index (χ1n) is 5.16. The van der Waals surface area contributed by atoms with Gasteiger partial charge in [-0.25, -0.2) is 4.98 Å². The molecule has 1 heterocycles. The first-order chi connectivity index (χ1) is 8.29. The zero-order chi connectivity index (χ0) is 12.1. The van der Waals surface area contributed by atoms with Gasteiger partial charge in [0.15, 0.2) is 5.82 Å². The average molecular weight is 228 g/mol. The molecule has 0 fully saturated rings. The van der Waals surface area contributed by atoms with Crippen LogP contribution < -0.4 is 11.1 Å². The first-order valence-corrected chi connectivity index (χ1v) is 5.16. The summed E-state index contributed by atoms with van der Waals surface area (Å²) >= 11 is 0. The summed E-state index contributed by atoms with van der Waals surface area (Å²) in [6, 6.07) is 7.11. The van der Waals surface area contributed by atoms with Crippen molar-refractivity contribution in [3.8, 4) is 0 Å². The van der Waals surface area contributed by atoms with E-state index in [1.54, 1.807) is 18.3 Å². The Labute approximate surface area is 98.7 Å². The van der Waals surface area contributed by atoms with Gasteiger partial charge in [-0.1, -0.05) is 12.1 Å². The summed E-state index contributed by atoms with van der Waals surface area (Å²) < 4.78 is 0. The van der Waals surface area contributed by atoms with Gasteiger partial charge in [0.05, 0.1) is 6.20 Å². The van der Waals surface area contributed by atoms with Gasteiger partial charge in [-0.3, -0.25) is 9.78 Å². The van der Waals surface area contributed by atoms with Gasteiger partial charge in [-0.05, 0) is 17.7 Å². The van der Waals surface area contributed by atoms with Crippen LogP contribution in [0.15, 0.2) is 42.9 Å². The second kappa shape index (κ2) is 5.18. The Balaban J connectivity index is 2.09. The standard InChI is InChI=1S/C12H12N4O/c13-7-9-1-3-10(4-2-9)12(17)16-11-8-14-5-6-15-11/h1-6,8H,7,13H2,(H,15,16,17). The van der Waals surface area contributed by atoms with Gasteiger partial charge in [-0.15, -0.1) is 0 Å². The highest BCUT2D eigenvalue weighted by molar-refractivity contribution is 6.03.